The van der Waals surface area contributed by atoms with Crippen LogP contribution in [-0.2, 0) is 0 Å². The molecule has 0 N–H and O–H groups in total. The van der Waals surface area contributed by atoms with E-state index >= 15 is 0 Å². The van der Waals surface area contributed by atoms with Crippen LogP contribution < -0.4 is 0 Å². The van der Waals surface area contributed by atoms with Crippen molar-refractivity contribution in [2.75, 3.05) is 0 Å². The standard InChI is InChI=1S/C12H6Cl2FNO/c13-9-3-1-2-8(11(9)14)12-10(15)4-7(6-17)5-16-12/h1-6H. The third-order valence-electron chi connectivity index (χ3n) is 2.21. The predicted molar refractivity (Wildman–Crippen MR) is 65.0 cm³/mol. The minimum absolute atomic E-state index is 0.0723. The highest BCUT2D eigenvalue weighted by Crippen LogP contribution is 2.33. The molecule has 2 rings (SSSR count). The van der Waals surface area contributed by atoms with Crippen molar-refractivity contribution < 1.29 is 9.18 Å². The van der Waals surface area contributed by atoms with Crippen LogP contribution in [-0.4, -0.2) is 11.3 Å². The molecule has 17 heavy (non-hydrogen) atoms. The highest BCUT2D eigenvalue weighted by molar-refractivity contribution is 6.43. The minimum Gasteiger partial charge on any atom is -0.298 e. The number of hydrogen-bond donors (Lipinski definition) is 0. The molecule has 0 aliphatic heterocycles. The van der Waals surface area contributed by atoms with Crippen molar-refractivity contribution in [3.05, 3.63) is 51.9 Å². The quantitative estimate of drug-likeness (QED) is 0.772. The van der Waals surface area contributed by atoms with Crippen LogP contribution in [0.4, 0.5) is 4.39 Å². The zero-order valence-electron chi connectivity index (χ0n) is 8.45. The van der Waals surface area contributed by atoms with Gasteiger partial charge < -0.3 is 0 Å². The van der Waals surface area contributed by atoms with Gasteiger partial charge in [-0.15, -0.1) is 0 Å². The van der Waals surface area contributed by atoms with Crippen molar-refractivity contribution in [2.45, 2.75) is 0 Å². The molecule has 1 aromatic heterocycles. The van der Waals surface area contributed by atoms with Gasteiger partial charge in [0.05, 0.1) is 10.0 Å². The third-order valence-corrected chi connectivity index (χ3v) is 3.02. The first-order valence-electron chi connectivity index (χ1n) is 4.68. The third kappa shape index (κ3) is 2.30. The van der Waals surface area contributed by atoms with E-state index in [1.54, 1.807) is 18.2 Å². The lowest BCUT2D eigenvalue weighted by atomic mass is 10.1. The van der Waals surface area contributed by atoms with Gasteiger partial charge in [0.1, 0.15) is 11.5 Å². The zero-order chi connectivity index (χ0) is 12.4. The molecule has 0 aliphatic rings. The normalized spacial score (nSPS) is 10.3. The van der Waals surface area contributed by atoms with Gasteiger partial charge in [0.15, 0.2) is 6.29 Å². The van der Waals surface area contributed by atoms with Crippen molar-refractivity contribution >= 4 is 29.5 Å². The van der Waals surface area contributed by atoms with E-state index in [4.69, 9.17) is 23.2 Å². The maximum absolute atomic E-state index is 13.7. The van der Waals surface area contributed by atoms with Crippen molar-refractivity contribution in [1.82, 2.24) is 4.98 Å². The summed E-state index contributed by atoms with van der Waals surface area (Å²) in [5.74, 6) is -0.612. The molecule has 1 heterocycles. The molecule has 0 fully saturated rings. The first-order valence-corrected chi connectivity index (χ1v) is 5.44. The number of nitrogens with zero attached hydrogens (tertiary/aromatic N) is 1. The Morgan fingerprint density at radius 2 is 2.06 bits per heavy atom. The van der Waals surface area contributed by atoms with Crippen molar-refractivity contribution in [3.63, 3.8) is 0 Å². The molecule has 0 spiro atoms. The van der Waals surface area contributed by atoms with Gasteiger partial charge in [-0.2, -0.15) is 0 Å². The van der Waals surface area contributed by atoms with E-state index < -0.39 is 5.82 Å². The molecule has 2 aromatic rings. The predicted octanol–water partition coefficient (Wildman–Crippen LogP) is 4.01. The fourth-order valence-electron chi connectivity index (χ4n) is 1.40. The topological polar surface area (TPSA) is 30.0 Å². The van der Waals surface area contributed by atoms with Crippen LogP contribution in [0.2, 0.25) is 10.0 Å². The van der Waals surface area contributed by atoms with Crippen LogP contribution in [0.3, 0.4) is 0 Å². The molecule has 1 aromatic carbocycles. The van der Waals surface area contributed by atoms with Crippen LogP contribution in [0, 0.1) is 5.82 Å². The van der Waals surface area contributed by atoms with E-state index in [2.05, 4.69) is 4.98 Å². The first kappa shape index (κ1) is 12.0. The maximum Gasteiger partial charge on any atom is 0.151 e. The van der Waals surface area contributed by atoms with E-state index in [0.29, 0.717) is 16.9 Å². The summed E-state index contributed by atoms with van der Waals surface area (Å²) in [6, 6.07) is 5.97. The van der Waals surface area contributed by atoms with Gasteiger partial charge in [-0.3, -0.25) is 9.78 Å². The lowest BCUT2D eigenvalue weighted by Gasteiger charge is -2.06. The average molecular weight is 270 g/mol. The molecule has 86 valence electrons. The molecule has 0 aliphatic carbocycles. The molecule has 0 atom stereocenters. The summed E-state index contributed by atoms with van der Waals surface area (Å²) in [6.45, 7) is 0. The zero-order valence-corrected chi connectivity index (χ0v) is 9.97. The van der Waals surface area contributed by atoms with Crippen LogP contribution >= 0.6 is 23.2 Å². The Hall–Kier alpha value is -1.45. The van der Waals surface area contributed by atoms with Crippen molar-refractivity contribution in [2.24, 2.45) is 0 Å². The summed E-state index contributed by atoms with van der Waals surface area (Å²) in [4.78, 5) is 14.3. The van der Waals surface area contributed by atoms with Gasteiger partial charge in [-0.05, 0) is 12.1 Å². The van der Waals surface area contributed by atoms with E-state index in [9.17, 15) is 9.18 Å². The van der Waals surface area contributed by atoms with E-state index in [-0.39, 0.29) is 16.3 Å². The van der Waals surface area contributed by atoms with E-state index in [1.165, 1.54) is 6.20 Å². The first-order chi connectivity index (χ1) is 8.13. The fraction of sp³-hybridized carbons (Fsp3) is 0. The Kier molecular flexibility index (Phi) is 3.41. The number of halogens is 3. The lowest BCUT2D eigenvalue weighted by Crippen LogP contribution is -1.93. The van der Waals surface area contributed by atoms with Crippen LogP contribution in [0.25, 0.3) is 11.3 Å². The number of aromatic nitrogens is 1. The molecule has 0 saturated heterocycles. The summed E-state index contributed by atoms with van der Waals surface area (Å²) in [5.41, 5.74) is 0.640. The number of benzene rings is 1. The average Bonchev–Trinajstić information content (AvgIpc) is 2.33. The number of pyridine rings is 1. The SMILES string of the molecule is O=Cc1cnc(-c2cccc(Cl)c2Cl)c(F)c1. The second kappa shape index (κ2) is 4.82. The minimum atomic E-state index is -0.612. The number of carbonyl (C=O) groups is 1. The van der Waals surface area contributed by atoms with Crippen LogP contribution in [0.15, 0.2) is 30.5 Å². The monoisotopic (exact) mass is 269 g/mol. The van der Waals surface area contributed by atoms with Gasteiger partial charge in [0.2, 0.25) is 0 Å². The highest BCUT2D eigenvalue weighted by atomic mass is 35.5. The van der Waals surface area contributed by atoms with Crippen molar-refractivity contribution in [1.29, 1.82) is 0 Å². The Morgan fingerprint density at radius 3 is 2.71 bits per heavy atom. The summed E-state index contributed by atoms with van der Waals surface area (Å²) in [5, 5.41) is 0.559. The molecule has 0 unspecified atom stereocenters. The fourth-order valence-corrected chi connectivity index (χ4v) is 1.79. The summed E-state index contributed by atoms with van der Waals surface area (Å²) in [7, 11) is 0. The number of carbonyl (C=O) groups excluding carboxylic acids is 1. The Bertz CT molecular complexity index is 587. The van der Waals surface area contributed by atoms with Crippen molar-refractivity contribution in [3.8, 4) is 11.3 Å². The van der Waals surface area contributed by atoms with Gasteiger partial charge in [-0.25, -0.2) is 4.39 Å². The molecule has 0 amide bonds. The summed E-state index contributed by atoms with van der Waals surface area (Å²) < 4.78 is 13.7. The summed E-state index contributed by atoms with van der Waals surface area (Å²) >= 11 is 11.8. The van der Waals surface area contributed by atoms with Gasteiger partial charge >= 0.3 is 0 Å². The number of hydrogen-bond acceptors (Lipinski definition) is 2. The largest absolute Gasteiger partial charge is 0.298 e. The highest BCUT2D eigenvalue weighted by Gasteiger charge is 2.12. The molecule has 0 radical (unpaired) electrons. The van der Waals surface area contributed by atoms with Crippen LogP contribution in [0.1, 0.15) is 10.4 Å². The van der Waals surface area contributed by atoms with Gasteiger partial charge in [0, 0.05) is 17.3 Å². The lowest BCUT2D eigenvalue weighted by molar-refractivity contribution is 0.112. The van der Waals surface area contributed by atoms with Gasteiger partial charge in [0.25, 0.3) is 0 Å². The Morgan fingerprint density at radius 1 is 1.29 bits per heavy atom. The molecule has 0 bridgehead atoms. The van der Waals surface area contributed by atoms with Crippen LogP contribution in [0.5, 0.6) is 0 Å². The number of rotatable bonds is 2. The van der Waals surface area contributed by atoms with Gasteiger partial charge in [-0.1, -0.05) is 35.3 Å². The summed E-state index contributed by atoms with van der Waals surface area (Å²) in [6.07, 6.45) is 1.81. The maximum atomic E-state index is 13.7. The molecular weight excluding hydrogens is 264 g/mol. The Balaban J connectivity index is 2.61. The second-order valence-electron chi connectivity index (χ2n) is 3.32. The number of aldehydes is 1. The van der Waals surface area contributed by atoms with E-state index in [1.807, 2.05) is 0 Å². The molecule has 2 nitrogen and oxygen atoms in total. The second-order valence-corrected chi connectivity index (χ2v) is 4.10. The smallest absolute Gasteiger partial charge is 0.151 e. The molecule has 0 saturated carbocycles. The Labute approximate surface area is 107 Å². The molecule has 5 heteroatoms. The van der Waals surface area contributed by atoms with E-state index in [0.717, 1.165) is 6.07 Å². The molecular formula is C12H6Cl2FNO.